The summed E-state index contributed by atoms with van der Waals surface area (Å²) in [5.74, 6) is 0.909. The number of amides is 2. The van der Waals surface area contributed by atoms with E-state index < -0.39 is 0 Å². The largest absolute Gasteiger partial charge is 0.496 e. The van der Waals surface area contributed by atoms with Crippen molar-refractivity contribution in [2.24, 2.45) is 0 Å². The number of carbonyl (C=O) groups excluding carboxylic acids is 2. The lowest BCUT2D eigenvalue weighted by molar-refractivity contribution is -0.113. The Morgan fingerprint density at radius 1 is 1.28 bits per heavy atom. The summed E-state index contributed by atoms with van der Waals surface area (Å²) in [5.41, 5.74) is 3.23. The van der Waals surface area contributed by atoms with Gasteiger partial charge in [-0.25, -0.2) is 0 Å². The van der Waals surface area contributed by atoms with Crippen molar-refractivity contribution < 1.29 is 14.3 Å². The SMILES string of the molecule is COc1ccc(C)cc1[C@H](C)NC(=O)c1ccc2c(c1)NC(=O)CS2. The van der Waals surface area contributed by atoms with Crippen LogP contribution in [0.25, 0.3) is 0 Å². The van der Waals surface area contributed by atoms with E-state index in [0.29, 0.717) is 17.0 Å². The highest BCUT2D eigenvalue weighted by molar-refractivity contribution is 8.00. The van der Waals surface area contributed by atoms with Crippen LogP contribution >= 0.6 is 11.8 Å². The fraction of sp³-hybridized carbons (Fsp3) is 0.263. The first kappa shape index (κ1) is 17.4. The number of ether oxygens (including phenoxy) is 1. The Morgan fingerprint density at radius 3 is 2.84 bits per heavy atom. The highest BCUT2D eigenvalue weighted by Gasteiger charge is 2.19. The summed E-state index contributed by atoms with van der Waals surface area (Å²) < 4.78 is 5.39. The summed E-state index contributed by atoms with van der Waals surface area (Å²) in [6.07, 6.45) is 0. The third-order valence-electron chi connectivity index (χ3n) is 4.07. The molecule has 0 saturated heterocycles. The third kappa shape index (κ3) is 3.79. The molecule has 0 radical (unpaired) electrons. The van der Waals surface area contributed by atoms with Gasteiger partial charge in [0.25, 0.3) is 5.91 Å². The van der Waals surface area contributed by atoms with Crippen molar-refractivity contribution >= 4 is 29.3 Å². The number of benzene rings is 2. The molecule has 0 unspecified atom stereocenters. The molecule has 0 spiro atoms. The summed E-state index contributed by atoms with van der Waals surface area (Å²) in [4.78, 5) is 25.1. The van der Waals surface area contributed by atoms with E-state index in [1.54, 1.807) is 19.2 Å². The van der Waals surface area contributed by atoms with E-state index in [-0.39, 0.29) is 17.9 Å². The van der Waals surface area contributed by atoms with E-state index in [9.17, 15) is 9.59 Å². The average Bonchev–Trinajstić information content (AvgIpc) is 2.60. The van der Waals surface area contributed by atoms with Gasteiger partial charge in [0.1, 0.15) is 5.75 Å². The first-order chi connectivity index (χ1) is 12.0. The van der Waals surface area contributed by atoms with Gasteiger partial charge in [-0.2, -0.15) is 0 Å². The molecule has 0 aliphatic carbocycles. The first-order valence-corrected chi connectivity index (χ1v) is 8.98. The maximum absolute atomic E-state index is 12.6. The molecule has 1 aliphatic rings. The molecular weight excluding hydrogens is 336 g/mol. The van der Waals surface area contributed by atoms with E-state index >= 15 is 0 Å². The van der Waals surface area contributed by atoms with Gasteiger partial charge in [-0.05, 0) is 38.1 Å². The van der Waals surface area contributed by atoms with Crippen LogP contribution in [0.2, 0.25) is 0 Å². The molecular formula is C19H20N2O3S. The minimum Gasteiger partial charge on any atom is -0.496 e. The lowest BCUT2D eigenvalue weighted by Gasteiger charge is -2.20. The third-order valence-corrected chi connectivity index (χ3v) is 5.15. The number of hydrogen-bond acceptors (Lipinski definition) is 4. The Labute approximate surface area is 151 Å². The minimum absolute atomic E-state index is 0.0482. The molecule has 130 valence electrons. The first-order valence-electron chi connectivity index (χ1n) is 8.00. The number of methoxy groups -OCH3 is 1. The highest BCUT2D eigenvalue weighted by atomic mass is 32.2. The van der Waals surface area contributed by atoms with Gasteiger partial charge >= 0.3 is 0 Å². The van der Waals surface area contributed by atoms with E-state index in [0.717, 1.165) is 21.8 Å². The smallest absolute Gasteiger partial charge is 0.251 e. The zero-order chi connectivity index (χ0) is 18.0. The number of hydrogen-bond donors (Lipinski definition) is 2. The van der Waals surface area contributed by atoms with E-state index in [2.05, 4.69) is 10.6 Å². The molecule has 1 aliphatic heterocycles. The van der Waals surface area contributed by atoms with Crippen molar-refractivity contribution in [1.82, 2.24) is 5.32 Å². The summed E-state index contributed by atoms with van der Waals surface area (Å²) >= 11 is 1.47. The van der Waals surface area contributed by atoms with Gasteiger partial charge in [-0.3, -0.25) is 9.59 Å². The molecule has 1 atom stereocenters. The molecule has 2 amide bonds. The van der Waals surface area contributed by atoms with Gasteiger partial charge in [0, 0.05) is 16.0 Å². The zero-order valence-corrected chi connectivity index (χ0v) is 15.2. The van der Waals surface area contributed by atoms with Gasteiger partial charge in [-0.15, -0.1) is 11.8 Å². The van der Waals surface area contributed by atoms with Crippen LogP contribution in [0.1, 0.15) is 34.5 Å². The lowest BCUT2D eigenvalue weighted by Crippen LogP contribution is -2.27. The van der Waals surface area contributed by atoms with Crippen LogP contribution in [0.15, 0.2) is 41.3 Å². The van der Waals surface area contributed by atoms with Crippen molar-refractivity contribution in [3.05, 3.63) is 53.1 Å². The van der Waals surface area contributed by atoms with Crippen molar-refractivity contribution in [3.8, 4) is 5.75 Å². The zero-order valence-electron chi connectivity index (χ0n) is 14.4. The fourth-order valence-corrected chi connectivity index (χ4v) is 3.56. The Kier molecular flexibility index (Phi) is 4.99. The van der Waals surface area contributed by atoms with Crippen LogP contribution in [0.5, 0.6) is 5.75 Å². The minimum atomic E-state index is -0.206. The van der Waals surface area contributed by atoms with E-state index in [1.165, 1.54) is 11.8 Å². The van der Waals surface area contributed by atoms with Crippen LogP contribution in [-0.2, 0) is 4.79 Å². The average molecular weight is 356 g/mol. The van der Waals surface area contributed by atoms with E-state index in [1.807, 2.05) is 38.1 Å². The molecule has 1 heterocycles. The predicted octanol–water partition coefficient (Wildman–Crippen LogP) is 3.54. The molecule has 5 nitrogen and oxygen atoms in total. The maximum atomic E-state index is 12.6. The van der Waals surface area contributed by atoms with Crippen molar-refractivity contribution in [1.29, 1.82) is 0 Å². The molecule has 2 N–H and O–H groups in total. The van der Waals surface area contributed by atoms with Crippen LogP contribution in [0.4, 0.5) is 5.69 Å². The monoisotopic (exact) mass is 356 g/mol. The molecule has 25 heavy (non-hydrogen) atoms. The van der Waals surface area contributed by atoms with Crippen molar-refractivity contribution in [2.45, 2.75) is 24.8 Å². The lowest BCUT2D eigenvalue weighted by atomic mass is 10.0. The van der Waals surface area contributed by atoms with Crippen LogP contribution in [-0.4, -0.2) is 24.7 Å². The second-order valence-electron chi connectivity index (χ2n) is 5.99. The molecule has 6 heteroatoms. The summed E-state index contributed by atoms with van der Waals surface area (Å²) in [5, 5.41) is 5.80. The number of nitrogens with one attached hydrogen (secondary N) is 2. The van der Waals surface area contributed by atoms with Crippen LogP contribution < -0.4 is 15.4 Å². The maximum Gasteiger partial charge on any atom is 0.251 e. The summed E-state index contributed by atoms with van der Waals surface area (Å²) in [6, 6.07) is 11.0. The number of rotatable bonds is 4. The molecule has 0 bridgehead atoms. The molecule has 2 aromatic rings. The fourth-order valence-electron chi connectivity index (χ4n) is 2.77. The van der Waals surface area contributed by atoms with Gasteiger partial charge in [0.15, 0.2) is 0 Å². The Balaban J connectivity index is 1.79. The van der Waals surface area contributed by atoms with Gasteiger partial charge in [0.2, 0.25) is 5.91 Å². The van der Waals surface area contributed by atoms with Gasteiger partial charge in [-0.1, -0.05) is 17.7 Å². The van der Waals surface area contributed by atoms with Crippen LogP contribution in [0.3, 0.4) is 0 Å². The molecule has 3 rings (SSSR count). The normalized spacial score (nSPS) is 14.3. The Morgan fingerprint density at radius 2 is 2.08 bits per heavy atom. The molecule has 2 aromatic carbocycles. The second-order valence-corrected chi connectivity index (χ2v) is 7.01. The van der Waals surface area contributed by atoms with Gasteiger partial charge < -0.3 is 15.4 Å². The topological polar surface area (TPSA) is 67.4 Å². The number of thioether (sulfide) groups is 1. The van der Waals surface area contributed by atoms with Gasteiger partial charge in [0.05, 0.1) is 24.6 Å². The Hall–Kier alpha value is -2.47. The molecule has 0 aromatic heterocycles. The van der Waals surface area contributed by atoms with Crippen molar-refractivity contribution in [2.75, 3.05) is 18.2 Å². The highest BCUT2D eigenvalue weighted by Crippen LogP contribution is 2.32. The Bertz CT molecular complexity index is 835. The summed E-state index contributed by atoms with van der Waals surface area (Å²) in [6.45, 7) is 3.92. The quantitative estimate of drug-likeness (QED) is 0.879. The van der Waals surface area contributed by atoms with Crippen molar-refractivity contribution in [3.63, 3.8) is 0 Å². The summed E-state index contributed by atoms with van der Waals surface area (Å²) in [7, 11) is 1.62. The molecule has 0 saturated carbocycles. The van der Waals surface area contributed by atoms with Crippen LogP contribution in [0, 0.1) is 6.92 Å². The second kappa shape index (κ2) is 7.19. The molecule has 0 fully saturated rings. The number of anilines is 1. The van der Waals surface area contributed by atoms with E-state index in [4.69, 9.17) is 4.74 Å². The number of fused-ring (bicyclic) bond motifs is 1. The standard InChI is InChI=1S/C19H20N2O3S/c1-11-4-6-16(24-3)14(8-11)12(2)20-19(23)13-5-7-17-15(9-13)21-18(22)10-25-17/h4-9,12H,10H2,1-3H3,(H,20,23)(H,21,22)/t12-/m0/s1. The predicted molar refractivity (Wildman–Crippen MR) is 99.4 cm³/mol. The number of aryl methyl sites for hydroxylation is 1. The number of carbonyl (C=O) groups is 2.